The summed E-state index contributed by atoms with van der Waals surface area (Å²) < 4.78 is 1.41. The highest BCUT2D eigenvalue weighted by molar-refractivity contribution is 6.30. The maximum atomic E-state index is 11.3. The average Bonchev–Trinajstić information content (AvgIpc) is 2.94. The van der Waals surface area contributed by atoms with Crippen LogP contribution >= 0.6 is 11.6 Å². The number of hydrogen-bond acceptors (Lipinski definition) is 3. The maximum Gasteiger partial charge on any atom is 0.339 e. The summed E-state index contributed by atoms with van der Waals surface area (Å²) in [7, 11) is 0. The van der Waals surface area contributed by atoms with Gasteiger partial charge in [0.05, 0.1) is 17.4 Å². The van der Waals surface area contributed by atoms with Crippen LogP contribution in [-0.4, -0.2) is 25.8 Å². The molecular weight excluding hydrogens is 254 g/mol. The molecule has 6 heteroatoms. The third-order valence-electron chi connectivity index (χ3n) is 3.03. The summed E-state index contributed by atoms with van der Waals surface area (Å²) in [5.74, 6) is -0.672. The van der Waals surface area contributed by atoms with Crippen molar-refractivity contribution >= 4 is 17.6 Å². The van der Waals surface area contributed by atoms with Gasteiger partial charge in [-0.2, -0.15) is 5.10 Å². The zero-order valence-electron chi connectivity index (χ0n) is 9.43. The lowest BCUT2D eigenvalue weighted by Gasteiger charge is -2.08. The maximum absolute atomic E-state index is 11.3. The van der Waals surface area contributed by atoms with Gasteiger partial charge in [-0.1, -0.05) is 11.6 Å². The van der Waals surface area contributed by atoms with Crippen molar-refractivity contribution in [3.63, 3.8) is 0 Å². The molecule has 0 bridgehead atoms. The third kappa shape index (κ3) is 1.76. The number of carboxylic acids is 1. The lowest BCUT2D eigenvalue weighted by Crippen LogP contribution is -2.10. The molecule has 92 valence electrons. The summed E-state index contributed by atoms with van der Waals surface area (Å²) in [4.78, 5) is 15.7. The molecule has 2 aromatic heterocycles. The van der Waals surface area contributed by atoms with Crippen molar-refractivity contribution in [3.05, 3.63) is 40.3 Å². The molecule has 0 amide bonds. The quantitative estimate of drug-likeness (QED) is 0.901. The molecule has 0 saturated heterocycles. The highest BCUT2D eigenvalue weighted by Gasteiger charge is 2.21. The van der Waals surface area contributed by atoms with Crippen LogP contribution in [0.5, 0.6) is 0 Å². The van der Waals surface area contributed by atoms with Crippen LogP contribution in [0.4, 0.5) is 0 Å². The Balaban J connectivity index is 2.21. The minimum atomic E-state index is -1.00. The Kier molecular flexibility index (Phi) is 2.56. The summed E-state index contributed by atoms with van der Waals surface area (Å²) in [6.45, 7) is 0. The summed E-state index contributed by atoms with van der Waals surface area (Å²) >= 11 is 5.80. The van der Waals surface area contributed by atoms with Gasteiger partial charge in [-0.3, -0.25) is 0 Å². The number of carbonyl (C=O) groups is 1. The molecule has 1 N–H and O–H groups in total. The summed E-state index contributed by atoms with van der Waals surface area (Å²) in [5.41, 5.74) is 2.14. The van der Waals surface area contributed by atoms with E-state index in [-0.39, 0.29) is 5.56 Å². The number of halogens is 1. The van der Waals surface area contributed by atoms with Gasteiger partial charge in [0.15, 0.2) is 5.82 Å². The number of nitrogens with zero attached hydrogens (tertiary/aromatic N) is 3. The molecule has 0 atom stereocenters. The molecule has 0 aromatic carbocycles. The minimum Gasteiger partial charge on any atom is -0.478 e. The van der Waals surface area contributed by atoms with Crippen molar-refractivity contribution in [1.29, 1.82) is 0 Å². The van der Waals surface area contributed by atoms with Crippen LogP contribution in [0.1, 0.15) is 28.0 Å². The molecule has 2 heterocycles. The number of fused-ring (bicyclic) bond motifs is 1. The van der Waals surface area contributed by atoms with E-state index in [1.807, 2.05) is 0 Å². The number of pyridine rings is 1. The van der Waals surface area contributed by atoms with E-state index in [1.165, 1.54) is 10.9 Å². The molecule has 1 aliphatic rings. The second-order valence-corrected chi connectivity index (χ2v) is 4.66. The van der Waals surface area contributed by atoms with Crippen LogP contribution in [0.3, 0.4) is 0 Å². The fourth-order valence-corrected chi connectivity index (χ4v) is 2.35. The molecule has 5 nitrogen and oxygen atoms in total. The SMILES string of the molecule is O=C(O)c1cc2c(nc1-n1cc(Cl)cn1)CCC2. The highest BCUT2D eigenvalue weighted by Crippen LogP contribution is 2.25. The fourth-order valence-electron chi connectivity index (χ4n) is 2.21. The van der Waals surface area contributed by atoms with Crippen molar-refractivity contribution < 1.29 is 9.90 Å². The van der Waals surface area contributed by atoms with Crippen molar-refractivity contribution in [1.82, 2.24) is 14.8 Å². The summed E-state index contributed by atoms with van der Waals surface area (Å²) in [5, 5.41) is 13.7. The lowest BCUT2D eigenvalue weighted by molar-refractivity contribution is 0.0696. The predicted octanol–water partition coefficient (Wildman–Crippen LogP) is 2.11. The van der Waals surface area contributed by atoms with Gasteiger partial charge in [0.1, 0.15) is 5.56 Å². The van der Waals surface area contributed by atoms with E-state index in [1.54, 1.807) is 12.3 Å². The van der Waals surface area contributed by atoms with E-state index in [2.05, 4.69) is 10.1 Å². The second-order valence-electron chi connectivity index (χ2n) is 4.23. The molecule has 0 aliphatic heterocycles. The van der Waals surface area contributed by atoms with Crippen LogP contribution in [0.25, 0.3) is 5.82 Å². The molecular formula is C12H10ClN3O2. The molecule has 0 spiro atoms. The van der Waals surface area contributed by atoms with Crippen LogP contribution < -0.4 is 0 Å². The third-order valence-corrected chi connectivity index (χ3v) is 3.22. The Morgan fingerprint density at radius 3 is 2.94 bits per heavy atom. The molecule has 3 rings (SSSR count). The Bertz CT molecular complexity index is 636. The predicted molar refractivity (Wildman–Crippen MR) is 65.4 cm³/mol. The molecule has 2 aromatic rings. The van der Waals surface area contributed by atoms with Gasteiger partial charge in [0.25, 0.3) is 0 Å². The molecule has 18 heavy (non-hydrogen) atoms. The molecule has 0 fully saturated rings. The van der Waals surface area contributed by atoms with Crippen LogP contribution in [0.2, 0.25) is 5.02 Å². The fraction of sp³-hybridized carbons (Fsp3) is 0.250. The Labute approximate surface area is 108 Å². The summed E-state index contributed by atoms with van der Waals surface area (Å²) in [6, 6.07) is 1.70. The number of aromatic nitrogens is 3. The zero-order chi connectivity index (χ0) is 12.7. The van der Waals surface area contributed by atoms with Gasteiger partial charge in [0, 0.05) is 5.69 Å². The normalized spacial score (nSPS) is 13.6. The highest BCUT2D eigenvalue weighted by atomic mass is 35.5. The van der Waals surface area contributed by atoms with Gasteiger partial charge in [-0.25, -0.2) is 14.5 Å². The molecule has 0 unspecified atom stereocenters. The number of aromatic carboxylic acids is 1. The smallest absolute Gasteiger partial charge is 0.339 e. The standard InChI is InChI=1S/C12H10ClN3O2/c13-8-5-14-16(6-8)11-9(12(17)18)4-7-2-1-3-10(7)15-11/h4-6H,1-3H2,(H,17,18). The Morgan fingerprint density at radius 2 is 2.28 bits per heavy atom. The van der Waals surface area contributed by atoms with E-state index in [4.69, 9.17) is 11.6 Å². The van der Waals surface area contributed by atoms with Crippen molar-refractivity contribution in [2.45, 2.75) is 19.3 Å². The topological polar surface area (TPSA) is 68.0 Å². The first kappa shape index (κ1) is 11.2. The minimum absolute atomic E-state index is 0.162. The first-order valence-electron chi connectivity index (χ1n) is 5.62. The van der Waals surface area contributed by atoms with Gasteiger partial charge in [-0.15, -0.1) is 0 Å². The van der Waals surface area contributed by atoms with Gasteiger partial charge in [-0.05, 0) is 30.9 Å². The van der Waals surface area contributed by atoms with Crippen LogP contribution in [0.15, 0.2) is 18.5 Å². The van der Waals surface area contributed by atoms with Gasteiger partial charge >= 0.3 is 5.97 Å². The number of rotatable bonds is 2. The van der Waals surface area contributed by atoms with Gasteiger partial charge < -0.3 is 5.11 Å². The Morgan fingerprint density at radius 1 is 1.44 bits per heavy atom. The van der Waals surface area contributed by atoms with E-state index in [9.17, 15) is 9.90 Å². The van der Waals surface area contributed by atoms with Crippen molar-refractivity contribution in [2.75, 3.05) is 0 Å². The van der Waals surface area contributed by atoms with Crippen molar-refractivity contribution in [2.24, 2.45) is 0 Å². The Hall–Kier alpha value is -1.88. The van der Waals surface area contributed by atoms with Gasteiger partial charge in [0.2, 0.25) is 0 Å². The monoisotopic (exact) mass is 263 g/mol. The van der Waals surface area contributed by atoms with E-state index in [0.29, 0.717) is 10.8 Å². The van der Waals surface area contributed by atoms with E-state index >= 15 is 0 Å². The first-order valence-corrected chi connectivity index (χ1v) is 5.99. The van der Waals surface area contributed by atoms with E-state index in [0.717, 1.165) is 30.5 Å². The number of carboxylic acid groups (broad SMARTS) is 1. The largest absolute Gasteiger partial charge is 0.478 e. The zero-order valence-corrected chi connectivity index (χ0v) is 10.2. The van der Waals surface area contributed by atoms with Crippen LogP contribution in [0, 0.1) is 0 Å². The number of aryl methyl sites for hydroxylation is 2. The van der Waals surface area contributed by atoms with E-state index < -0.39 is 5.97 Å². The number of hydrogen-bond donors (Lipinski definition) is 1. The average molecular weight is 264 g/mol. The lowest BCUT2D eigenvalue weighted by atomic mass is 10.1. The molecule has 0 saturated carbocycles. The second kappa shape index (κ2) is 4.10. The summed E-state index contributed by atoms with van der Waals surface area (Å²) in [6.07, 6.45) is 5.81. The first-order chi connectivity index (χ1) is 8.65. The molecule has 1 aliphatic carbocycles. The van der Waals surface area contributed by atoms with Crippen LogP contribution in [-0.2, 0) is 12.8 Å². The van der Waals surface area contributed by atoms with Crippen molar-refractivity contribution in [3.8, 4) is 5.82 Å². The molecule has 0 radical (unpaired) electrons.